The van der Waals surface area contributed by atoms with Crippen LogP contribution in [0.3, 0.4) is 0 Å². The largest absolute Gasteiger partial charge is 0.340 e. The smallest absolute Gasteiger partial charge is 0.248 e. The molecule has 5 heteroatoms. The van der Waals surface area contributed by atoms with Gasteiger partial charge in [-0.25, -0.2) is 0 Å². The van der Waals surface area contributed by atoms with Crippen molar-refractivity contribution < 1.29 is 9.59 Å². The quantitative estimate of drug-likeness (QED) is 0.916. The Morgan fingerprint density at radius 3 is 2.43 bits per heavy atom. The molecule has 1 saturated carbocycles. The molecule has 1 aromatic heterocycles. The van der Waals surface area contributed by atoms with Crippen LogP contribution in [0.25, 0.3) is 0 Å². The number of nitrogens with one attached hydrogen (secondary N) is 1. The molecule has 0 spiro atoms. The standard InChI is InChI=1S/C16H21N3O2/c1-15(2)14(21)19(10-11-6-8-17-9-7-11)16(3,12-4-5-12)13(20)18-15/h6-9,12H,4-5,10H2,1-3H3,(H,18,20). The minimum Gasteiger partial charge on any atom is -0.340 e. The van der Waals surface area contributed by atoms with Crippen LogP contribution < -0.4 is 5.32 Å². The Bertz CT molecular complexity index is 580. The van der Waals surface area contributed by atoms with Crippen molar-refractivity contribution in [2.24, 2.45) is 5.92 Å². The molecule has 0 bridgehead atoms. The second kappa shape index (κ2) is 4.55. The van der Waals surface area contributed by atoms with Crippen molar-refractivity contribution in [2.75, 3.05) is 0 Å². The molecule has 1 unspecified atom stereocenters. The fourth-order valence-electron chi connectivity index (χ4n) is 3.09. The van der Waals surface area contributed by atoms with Crippen molar-refractivity contribution in [1.82, 2.24) is 15.2 Å². The lowest BCUT2D eigenvalue weighted by molar-refractivity contribution is -0.163. The topological polar surface area (TPSA) is 62.3 Å². The highest BCUT2D eigenvalue weighted by Crippen LogP contribution is 2.46. The zero-order valence-corrected chi connectivity index (χ0v) is 12.7. The highest BCUT2D eigenvalue weighted by atomic mass is 16.2. The van der Waals surface area contributed by atoms with Crippen molar-refractivity contribution in [3.63, 3.8) is 0 Å². The number of rotatable bonds is 3. The van der Waals surface area contributed by atoms with Gasteiger partial charge in [0.25, 0.3) is 0 Å². The fourth-order valence-corrected chi connectivity index (χ4v) is 3.09. The predicted molar refractivity (Wildman–Crippen MR) is 78.1 cm³/mol. The Balaban J connectivity index is 1.98. The molecule has 1 atom stereocenters. The van der Waals surface area contributed by atoms with Gasteiger partial charge in [-0.05, 0) is 57.2 Å². The van der Waals surface area contributed by atoms with E-state index >= 15 is 0 Å². The summed E-state index contributed by atoms with van der Waals surface area (Å²) in [6.07, 6.45) is 5.43. The van der Waals surface area contributed by atoms with Crippen molar-refractivity contribution in [3.8, 4) is 0 Å². The Hall–Kier alpha value is -1.91. The van der Waals surface area contributed by atoms with Crippen molar-refractivity contribution >= 4 is 11.8 Å². The third-order valence-corrected chi connectivity index (χ3v) is 4.69. The van der Waals surface area contributed by atoms with Crippen LogP contribution >= 0.6 is 0 Å². The molecule has 0 radical (unpaired) electrons. The van der Waals surface area contributed by atoms with Gasteiger partial charge < -0.3 is 10.2 Å². The molecule has 2 fully saturated rings. The van der Waals surface area contributed by atoms with Crippen molar-refractivity contribution in [3.05, 3.63) is 30.1 Å². The minimum atomic E-state index is -0.849. The van der Waals surface area contributed by atoms with Gasteiger partial charge in [0.15, 0.2) is 0 Å². The van der Waals surface area contributed by atoms with Crippen LogP contribution in [0.15, 0.2) is 24.5 Å². The van der Waals surface area contributed by atoms with Gasteiger partial charge in [0.2, 0.25) is 11.8 Å². The van der Waals surface area contributed by atoms with E-state index in [1.807, 2.05) is 19.1 Å². The van der Waals surface area contributed by atoms with Gasteiger partial charge >= 0.3 is 0 Å². The van der Waals surface area contributed by atoms with E-state index in [-0.39, 0.29) is 17.7 Å². The van der Waals surface area contributed by atoms with Gasteiger partial charge in [0, 0.05) is 18.9 Å². The van der Waals surface area contributed by atoms with Crippen LogP contribution in [-0.2, 0) is 16.1 Å². The van der Waals surface area contributed by atoms with E-state index < -0.39 is 11.1 Å². The van der Waals surface area contributed by atoms with E-state index in [1.165, 1.54) is 0 Å². The Labute approximate surface area is 124 Å². The normalized spacial score (nSPS) is 28.4. The first-order valence-corrected chi connectivity index (χ1v) is 7.39. The second-order valence-electron chi connectivity index (χ2n) is 6.75. The van der Waals surface area contributed by atoms with E-state index in [0.29, 0.717) is 6.54 Å². The maximum Gasteiger partial charge on any atom is 0.248 e. The number of pyridine rings is 1. The highest BCUT2D eigenvalue weighted by Gasteiger charge is 2.58. The summed E-state index contributed by atoms with van der Waals surface area (Å²) in [5.74, 6) is 0.205. The molecule has 2 aliphatic rings. The lowest BCUT2D eigenvalue weighted by atomic mass is 9.84. The van der Waals surface area contributed by atoms with Crippen LogP contribution in [0.2, 0.25) is 0 Å². The number of nitrogens with zero attached hydrogens (tertiary/aromatic N) is 2. The van der Waals surface area contributed by atoms with Crippen LogP contribution in [0.4, 0.5) is 0 Å². The van der Waals surface area contributed by atoms with E-state index in [2.05, 4.69) is 10.3 Å². The first-order valence-electron chi connectivity index (χ1n) is 7.39. The summed E-state index contributed by atoms with van der Waals surface area (Å²) < 4.78 is 0. The summed E-state index contributed by atoms with van der Waals surface area (Å²) in [6, 6.07) is 3.78. The minimum absolute atomic E-state index is 0.0201. The molecule has 0 aromatic carbocycles. The molecule has 1 aliphatic carbocycles. The number of carbonyl (C=O) groups excluding carboxylic acids is 2. The molecule has 2 heterocycles. The third-order valence-electron chi connectivity index (χ3n) is 4.69. The number of hydrogen-bond acceptors (Lipinski definition) is 3. The zero-order valence-electron chi connectivity index (χ0n) is 12.7. The van der Waals surface area contributed by atoms with Crippen LogP contribution in [0.1, 0.15) is 39.2 Å². The summed E-state index contributed by atoms with van der Waals surface area (Å²) in [6.45, 7) is 5.87. The maximum atomic E-state index is 12.8. The summed E-state index contributed by atoms with van der Waals surface area (Å²) in [7, 11) is 0. The van der Waals surface area contributed by atoms with Crippen molar-refractivity contribution in [2.45, 2.75) is 51.2 Å². The molecule has 5 nitrogen and oxygen atoms in total. The first kappa shape index (κ1) is 14.0. The highest BCUT2D eigenvalue weighted by molar-refractivity contribution is 6.02. The summed E-state index contributed by atoms with van der Waals surface area (Å²) in [5, 5.41) is 2.89. The van der Waals surface area contributed by atoms with Crippen LogP contribution in [0, 0.1) is 5.92 Å². The first-order chi connectivity index (χ1) is 9.85. The summed E-state index contributed by atoms with van der Waals surface area (Å²) in [5.41, 5.74) is -0.593. The lowest BCUT2D eigenvalue weighted by Crippen LogP contribution is -2.73. The predicted octanol–water partition coefficient (Wildman–Crippen LogP) is 1.49. The maximum absolute atomic E-state index is 12.8. The SMILES string of the molecule is CC1(C)NC(=O)C(C)(C2CC2)N(Cc2ccncc2)C1=O. The average Bonchev–Trinajstić information content (AvgIpc) is 3.27. The van der Waals surface area contributed by atoms with Gasteiger partial charge in [0.05, 0.1) is 0 Å². The average molecular weight is 287 g/mol. The lowest BCUT2D eigenvalue weighted by Gasteiger charge is -2.49. The Morgan fingerprint density at radius 2 is 1.86 bits per heavy atom. The molecule has 1 saturated heterocycles. The van der Waals surface area contributed by atoms with Gasteiger partial charge in [-0.2, -0.15) is 0 Å². The van der Waals surface area contributed by atoms with Crippen LogP contribution in [0.5, 0.6) is 0 Å². The second-order valence-corrected chi connectivity index (χ2v) is 6.75. The van der Waals surface area contributed by atoms with Crippen LogP contribution in [-0.4, -0.2) is 32.8 Å². The third kappa shape index (κ3) is 2.20. The molecule has 112 valence electrons. The number of carbonyl (C=O) groups is 2. The summed E-state index contributed by atoms with van der Waals surface area (Å²) in [4.78, 5) is 31.2. The van der Waals surface area contributed by atoms with E-state index in [4.69, 9.17) is 0 Å². The fraction of sp³-hybridized carbons (Fsp3) is 0.562. The molecule has 1 aliphatic heterocycles. The number of aromatic nitrogens is 1. The number of amides is 2. The Morgan fingerprint density at radius 1 is 1.24 bits per heavy atom. The molecular formula is C16H21N3O2. The number of piperazine rings is 1. The van der Waals surface area contributed by atoms with E-state index in [1.54, 1.807) is 31.1 Å². The number of hydrogen-bond donors (Lipinski definition) is 1. The molecule has 21 heavy (non-hydrogen) atoms. The zero-order chi connectivity index (χ0) is 15.3. The van der Waals surface area contributed by atoms with Gasteiger partial charge in [0.1, 0.15) is 11.1 Å². The summed E-state index contributed by atoms with van der Waals surface area (Å²) >= 11 is 0. The Kier molecular flexibility index (Phi) is 3.04. The molecule has 1 aromatic rings. The molecular weight excluding hydrogens is 266 g/mol. The monoisotopic (exact) mass is 287 g/mol. The molecule has 1 N–H and O–H groups in total. The van der Waals surface area contributed by atoms with Gasteiger partial charge in [-0.1, -0.05) is 0 Å². The van der Waals surface area contributed by atoms with E-state index in [9.17, 15) is 9.59 Å². The van der Waals surface area contributed by atoms with Gasteiger partial charge in [-0.15, -0.1) is 0 Å². The molecule has 2 amide bonds. The molecule has 3 rings (SSSR count). The van der Waals surface area contributed by atoms with E-state index in [0.717, 1.165) is 18.4 Å². The van der Waals surface area contributed by atoms with Gasteiger partial charge in [-0.3, -0.25) is 14.6 Å². The van der Waals surface area contributed by atoms with Crippen molar-refractivity contribution in [1.29, 1.82) is 0 Å².